The number of aromatic nitrogens is 1. The number of thiophene rings is 1. The molecule has 0 fully saturated rings. The van der Waals surface area contributed by atoms with Crippen molar-refractivity contribution in [2.24, 2.45) is 0 Å². The van der Waals surface area contributed by atoms with E-state index in [1.807, 2.05) is 19.1 Å². The van der Waals surface area contributed by atoms with Crippen LogP contribution in [0.15, 0.2) is 36.0 Å². The average molecular weight is 247 g/mol. The van der Waals surface area contributed by atoms with E-state index in [-0.39, 0.29) is 11.9 Å². The number of rotatable bonds is 3. The number of amides is 1. The molecule has 88 valence electrons. The van der Waals surface area contributed by atoms with Crippen LogP contribution in [0.1, 0.15) is 28.2 Å². The molecule has 0 saturated carbocycles. The summed E-state index contributed by atoms with van der Waals surface area (Å²) in [4.78, 5) is 16.4. The van der Waals surface area contributed by atoms with Crippen molar-refractivity contribution in [2.45, 2.75) is 13.0 Å². The maximum atomic E-state index is 11.9. The number of anilines is 1. The molecule has 2 aromatic rings. The molecular weight excluding hydrogens is 234 g/mol. The fourth-order valence-electron chi connectivity index (χ4n) is 1.50. The lowest BCUT2D eigenvalue weighted by Gasteiger charge is -2.13. The number of carbonyl (C=O) groups excluding carboxylic acids is 1. The van der Waals surface area contributed by atoms with Gasteiger partial charge >= 0.3 is 0 Å². The summed E-state index contributed by atoms with van der Waals surface area (Å²) < 4.78 is 0. The Morgan fingerprint density at radius 1 is 1.41 bits per heavy atom. The van der Waals surface area contributed by atoms with E-state index in [0.29, 0.717) is 10.6 Å². The monoisotopic (exact) mass is 247 g/mol. The highest BCUT2D eigenvalue weighted by Crippen LogP contribution is 2.20. The van der Waals surface area contributed by atoms with E-state index < -0.39 is 0 Å². The number of carbonyl (C=O) groups is 1. The molecule has 0 aromatic carbocycles. The molecule has 17 heavy (non-hydrogen) atoms. The van der Waals surface area contributed by atoms with Gasteiger partial charge in [0, 0.05) is 12.4 Å². The first kappa shape index (κ1) is 11.6. The maximum Gasteiger partial charge on any atom is 0.263 e. The number of nitrogens with zero attached hydrogens (tertiary/aromatic N) is 1. The standard InChI is InChI=1S/C12H13N3OS/c1-8(9-2-5-14-6-3-9)15-12(16)11-10(13)4-7-17-11/h2-8H,13H2,1H3,(H,15,16). The number of pyridine rings is 1. The Morgan fingerprint density at radius 3 is 2.71 bits per heavy atom. The van der Waals surface area contributed by atoms with Gasteiger partial charge < -0.3 is 11.1 Å². The zero-order chi connectivity index (χ0) is 12.3. The summed E-state index contributed by atoms with van der Waals surface area (Å²) in [5.41, 5.74) is 7.24. The molecule has 0 saturated heterocycles. The van der Waals surface area contributed by atoms with Crippen molar-refractivity contribution in [3.8, 4) is 0 Å². The molecule has 0 aliphatic rings. The van der Waals surface area contributed by atoms with Crippen molar-refractivity contribution in [1.82, 2.24) is 10.3 Å². The Balaban J connectivity index is 2.08. The SMILES string of the molecule is CC(NC(=O)c1sccc1N)c1ccncc1. The van der Waals surface area contributed by atoms with E-state index in [1.54, 1.807) is 23.8 Å². The van der Waals surface area contributed by atoms with E-state index in [4.69, 9.17) is 5.73 Å². The largest absolute Gasteiger partial charge is 0.397 e. The number of hydrogen-bond donors (Lipinski definition) is 2. The first-order valence-electron chi connectivity index (χ1n) is 5.22. The number of nitrogens with one attached hydrogen (secondary N) is 1. The predicted molar refractivity (Wildman–Crippen MR) is 68.8 cm³/mol. The second-order valence-electron chi connectivity index (χ2n) is 3.68. The van der Waals surface area contributed by atoms with Crippen molar-refractivity contribution < 1.29 is 4.79 Å². The van der Waals surface area contributed by atoms with Crippen molar-refractivity contribution in [3.05, 3.63) is 46.4 Å². The summed E-state index contributed by atoms with van der Waals surface area (Å²) in [6, 6.07) is 5.43. The molecule has 0 aliphatic carbocycles. The first-order valence-corrected chi connectivity index (χ1v) is 6.10. The van der Waals surface area contributed by atoms with Gasteiger partial charge in [0.15, 0.2) is 0 Å². The zero-order valence-corrected chi connectivity index (χ0v) is 10.2. The van der Waals surface area contributed by atoms with Gasteiger partial charge in [0.05, 0.1) is 11.7 Å². The molecule has 2 rings (SSSR count). The molecular formula is C12H13N3OS. The maximum absolute atomic E-state index is 11.9. The quantitative estimate of drug-likeness (QED) is 0.873. The first-order chi connectivity index (χ1) is 8.18. The summed E-state index contributed by atoms with van der Waals surface area (Å²) in [6.45, 7) is 1.93. The summed E-state index contributed by atoms with van der Waals surface area (Å²) in [6.07, 6.45) is 3.41. The average Bonchev–Trinajstić information content (AvgIpc) is 2.76. The van der Waals surface area contributed by atoms with E-state index >= 15 is 0 Å². The third-order valence-corrected chi connectivity index (χ3v) is 3.38. The molecule has 4 nitrogen and oxygen atoms in total. The molecule has 2 heterocycles. The summed E-state index contributed by atoms with van der Waals surface area (Å²) in [5, 5.41) is 4.71. The molecule has 2 aromatic heterocycles. The Morgan fingerprint density at radius 2 is 2.12 bits per heavy atom. The van der Waals surface area contributed by atoms with Gasteiger partial charge in [-0.15, -0.1) is 11.3 Å². The van der Waals surface area contributed by atoms with Crippen LogP contribution in [0.4, 0.5) is 5.69 Å². The molecule has 3 N–H and O–H groups in total. The highest BCUT2D eigenvalue weighted by molar-refractivity contribution is 7.12. The molecule has 1 atom stereocenters. The Kier molecular flexibility index (Phi) is 3.39. The summed E-state index contributed by atoms with van der Waals surface area (Å²) in [5.74, 6) is -0.137. The molecule has 0 bridgehead atoms. The van der Waals surface area contributed by atoms with Crippen LogP contribution in [0, 0.1) is 0 Å². The van der Waals surface area contributed by atoms with Gasteiger partial charge in [-0.05, 0) is 36.1 Å². The van der Waals surface area contributed by atoms with Crippen molar-refractivity contribution in [3.63, 3.8) is 0 Å². The van der Waals surface area contributed by atoms with Crippen molar-refractivity contribution in [2.75, 3.05) is 5.73 Å². The lowest BCUT2D eigenvalue weighted by molar-refractivity contribution is 0.0945. The van der Waals surface area contributed by atoms with Gasteiger partial charge in [0.1, 0.15) is 4.88 Å². The van der Waals surface area contributed by atoms with E-state index in [9.17, 15) is 4.79 Å². The predicted octanol–water partition coefficient (Wildman–Crippen LogP) is 2.22. The van der Waals surface area contributed by atoms with Crippen molar-refractivity contribution in [1.29, 1.82) is 0 Å². The summed E-state index contributed by atoms with van der Waals surface area (Å²) in [7, 11) is 0. The molecule has 1 amide bonds. The fraction of sp³-hybridized carbons (Fsp3) is 0.167. The van der Waals surface area contributed by atoms with Crippen LogP contribution < -0.4 is 11.1 Å². The van der Waals surface area contributed by atoms with Gasteiger partial charge in [0.25, 0.3) is 5.91 Å². The fourth-order valence-corrected chi connectivity index (χ4v) is 2.22. The van der Waals surface area contributed by atoms with Crippen LogP contribution in [0.5, 0.6) is 0 Å². The third kappa shape index (κ3) is 2.62. The zero-order valence-electron chi connectivity index (χ0n) is 9.38. The Bertz CT molecular complexity index is 509. The third-order valence-electron chi connectivity index (χ3n) is 2.46. The smallest absolute Gasteiger partial charge is 0.263 e. The van der Waals surface area contributed by atoms with Crippen LogP contribution in [0.25, 0.3) is 0 Å². The Labute approximate surface area is 103 Å². The number of nitrogen functional groups attached to an aromatic ring is 1. The van der Waals surface area contributed by atoms with E-state index in [0.717, 1.165) is 5.56 Å². The second-order valence-corrected chi connectivity index (χ2v) is 4.60. The number of nitrogens with two attached hydrogens (primary N) is 1. The molecule has 1 unspecified atom stereocenters. The minimum absolute atomic E-state index is 0.0630. The van der Waals surface area contributed by atoms with Crippen LogP contribution in [0.3, 0.4) is 0 Å². The molecule has 0 aliphatic heterocycles. The van der Waals surface area contributed by atoms with Gasteiger partial charge in [-0.2, -0.15) is 0 Å². The molecule has 5 heteroatoms. The van der Waals surface area contributed by atoms with Crippen LogP contribution in [0.2, 0.25) is 0 Å². The highest BCUT2D eigenvalue weighted by atomic mass is 32.1. The van der Waals surface area contributed by atoms with Gasteiger partial charge in [0.2, 0.25) is 0 Å². The number of hydrogen-bond acceptors (Lipinski definition) is 4. The Hall–Kier alpha value is -1.88. The highest BCUT2D eigenvalue weighted by Gasteiger charge is 2.14. The van der Waals surface area contributed by atoms with E-state index in [1.165, 1.54) is 11.3 Å². The lowest BCUT2D eigenvalue weighted by Crippen LogP contribution is -2.26. The van der Waals surface area contributed by atoms with Gasteiger partial charge in [-0.1, -0.05) is 0 Å². The minimum atomic E-state index is -0.137. The van der Waals surface area contributed by atoms with Crippen LogP contribution in [-0.2, 0) is 0 Å². The topological polar surface area (TPSA) is 68.0 Å². The van der Waals surface area contributed by atoms with E-state index in [2.05, 4.69) is 10.3 Å². The van der Waals surface area contributed by atoms with Gasteiger partial charge in [-0.3, -0.25) is 9.78 Å². The van der Waals surface area contributed by atoms with Crippen LogP contribution >= 0.6 is 11.3 Å². The normalized spacial score (nSPS) is 12.1. The molecule has 0 radical (unpaired) electrons. The minimum Gasteiger partial charge on any atom is -0.397 e. The lowest BCUT2D eigenvalue weighted by atomic mass is 10.1. The van der Waals surface area contributed by atoms with Gasteiger partial charge in [-0.25, -0.2) is 0 Å². The van der Waals surface area contributed by atoms with Crippen molar-refractivity contribution >= 4 is 22.9 Å². The summed E-state index contributed by atoms with van der Waals surface area (Å²) >= 11 is 1.35. The molecule has 0 spiro atoms. The second kappa shape index (κ2) is 4.97. The van der Waals surface area contributed by atoms with Crippen LogP contribution in [-0.4, -0.2) is 10.9 Å².